The van der Waals surface area contributed by atoms with Gasteiger partial charge in [0.05, 0.1) is 13.0 Å². The van der Waals surface area contributed by atoms with Crippen molar-refractivity contribution in [1.82, 2.24) is 10.9 Å². The highest BCUT2D eigenvalue weighted by Gasteiger charge is 2.25. The largest absolute Gasteiger partial charge is 0.364 e. The number of benzene rings is 1. The van der Waals surface area contributed by atoms with E-state index in [4.69, 9.17) is 28.6 Å². The average Bonchev–Trinajstić information content (AvgIpc) is 2.54. The lowest BCUT2D eigenvalue weighted by atomic mass is 10.2. The van der Waals surface area contributed by atoms with Gasteiger partial charge in [0.15, 0.2) is 5.11 Å². The molecule has 8 heteroatoms. The minimum atomic E-state index is -0.0914. The first-order chi connectivity index (χ1) is 11.8. The maximum atomic E-state index is 12.0. The molecular formula is C17H26ClN4O2S+. The number of hydrogen-bond acceptors (Lipinski definition) is 3. The normalized spacial score (nSPS) is 23.0. The quantitative estimate of drug-likeness (QED) is 0.461. The van der Waals surface area contributed by atoms with Crippen LogP contribution in [0.1, 0.15) is 25.8 Å². The molecule has 1 heterocycles. The van der Waals surface area contributed by atoms with Crippen LogP contribution in [-0.4, -0.2) is 42.9 Å². The number of rotatable bonds is 4. The number of quaternary nitrogens is 1. The molecule has 25 heavy (non-hydrogen) atoms. The number of amides is 1. The summed E-state index contributed by atoms with van der Waals surface area (Å²) < 4.78 is 5.71. The fraction of sp³-hybridized carbons (Fsp3) is 0.529. The Kier molecular flexibility index (Phi) is 7.43. The van der Waals surface area contributed by atoms with Crippen molar-refractivity contribution in [2.75, 3.05) is 25.0 Å². The molecule has 0 bridgehead atoms. The zero-order valence-electron chi connectivity index (χ0n) is 14.8. The lowest BCUT2D eigenvalue weighted by molar-refractivity contribution is -0.914. The Hall–Kier alpha value is -1.41. The molecule has 138 valence electrons. The molecule has 0 radical (unpaired) electrons. The fourth-order valence-corrected chi connectivity index (χ4v) is 3.30. The van der Waals surface area contributed by atoms with Gasteiger partial charge in [0.1, 0.15) is 25.3 Å². The van der Waals surface area contributed by atoms with Crippen LogP contribution < -0.4 is 21.1 Å². The number of nitrogens with one attached hydrogen (secondary N) is 4. The van der Waals surface area contributed by atoms with Gasteiger partial charge in [-0.15, -0.1) is 0 Å². The summed E-state index contributed by atoms with van der Waals surface area (Å²) in [5.74, 6) is -0.0914. The van der Waals surface area contributed by atoms with Crippen LogP contribution in [0.5, 0.6) is 0 Å². The number of anilines is 1. The van der Waals surface area contributed by atoms with E-state index >= 15 is 0 Å². The predicted molar refractivity (Wildman–Crippen MR) is 104 cm³/mol. The Bertz CT molecular complexity index is 619. The van der Waals surface area contributed by atoms with Crippen molar-refractivity contribution in [3.05, 3.63) is 28.8 Å². The lowest BCUT2D eigenvalue weighted by Crippen LogP contribution is -3.15. The number of hydrazine groups is 1. The monoisotopic (exact) mass is 385 g/mol. The second kappa shape index (κ2) is 9.33. The molecule has 1 aromatic rings. The van der Waals surface area contributed by atoms with Crippen LogP contribution in [0.25, 0.3) is 0 Å². The number of thiocarbonyl (C=S) groups is 1. The zero-order chi connectivity index (χ0) is 18.4. The van der Waals surface area contributed by atoms with Gasteiger partial charge < -0.3 is 15.0 Å². The van der Waals surface area contributed by atoms with Crippen LogP contribution >= 0.6 is 23.8 Å². The summed E-state index contributed by atoms with van der Waals surface area (Å²) in [6, 6.07) is 5.53. The van der Waals surface area contributed by atoms with Crippen LogP contribution in [0.3, 0.4) is 0 Å². The molecule has 1 aromatic carbocycles. The van der Waals surface area contributed by atoms with E-state index in [1.54, 1.807) is 0 Å². The molecular weight excluding hydrogens is 360 g/mol. The van der Waals surface area contributed by atoms with Gasteiger partial charge >= 0.3 is 0 Å². The number of hydrogen-bond donors (Lipinski definition) is 4. The van der Waals surface area contributed by atoms with Crippen molar-refractivity contribution in [3.8, 4) is 0 Å². The molecule has 0 saturated carbocycles. The summed E-state index contributed by atoms with van der Waals surface area (Å²) >= 11 is 11.3. The second-order valence-corrected chi connectivity index (χ2v) is 7.27. The molecule has 6 nitrogen and oxygen atoms in total. The van der Waals surface area contributed by atoms with Gasteiger partial charge in [-0.05, 0) is 50.7 Å². The molecule has 0 aliphatic carbocycles. The first-order valence-electron chi connectivity index (χ1n) is 8.45. The van der Waals surface area contributed by atoms with Crippen molar-refractivity contribution in [1.29, 1.82) is 0 Å². The van der Waals surface area contributed by atoms with Gasteiger partial charge in [-0.1, -0.05) is 17.7 Å². The molecule has 0 aromatic heterocycles. The third-order valence-corrected chi connectivity index (χ3v) is 4.77. The third-order valence-electron chi connectivity index (χ3n) is 4.15. The molecule has 4 N–H and O–H groups in total. The highest BCUT2D eigenvalue weighted by atomic mass is 35.5. The Morgan fingerprint density at radius 2 is 2.00 bits per heavy atom. The maximum Gasteiger partial charge on any atom is 0.244 e. The molecule has 1 fully saturated rings. The van der Waals surface area contributed by atoms with Gasteiger partial charge in [-0.2, -0.15) is 0 Å². The maximum absolute atomic E-state index is 12.0. The van der Waals surface area contributed by atoms with E-state index in [-0.39, 0.29) is 18.1 Å². The second-order valence-electron chi connectivity index (χ2n) is 6.46. The number of carbonyl (C=O) groups excluding carboxylic acids is 1. The standard InChI is InChI=1S/C17H25ClN4O2S/c1-11-9-22(10-12(2)24-11)8-7-16(23)20-21-17(25)19-15-6-4-5-14(18)13(15)3/h4-6,11-12H,7-10H2,1-3H3,(H,20,23)(H2,19,21,25)/p+1/t11-,12-/m0/s1. The van der Waals surface area contributed by atoms with E-state index in [2.05, 4.69) is 30.0 Å². The summed E-state index contributed by atoms with van der Waals surface area (Å²) in [4.78, 5) is 13.4. The van der Waals surface area contributed by atoms with E-state index in [0.29, 0.717) is 16.6 Å². The molecule has 0 spiro atoms. The number of ether oxygens (including phenoxy) is 1. The van der Waals surface area contributed by atoms with Gasteiger partial charge in [-0.3, -0.25) is 15.6 Å². The lowest BCUT2D eigenvalue weighted by Gasteiger charge is -2.32. The molecule has 1 aliphatic heterocycles. The predicted octanol–water partition coefficient (Wildman–Crippen LogP) is 1.05. The van der Waals surface area contributed by atoms with Gasteiger partial charge in [0, 0.05) is 10.7 Å². The Morgan fingerprint density at radius 3 is 2.68 bits per heavy atom. The summed E-state index contributed by atoms with van der Waals surface area (Å²) in [6.45, 7) is 8.68. The molecule has 1 saturated heterocycles. The van der Waals surface area contributed by atoms with Gasteiger partial charge in [0.25, 0.3) is 0 Å². The highest BCUT2D eigenvalue weighted by Crippen LogP contribution is 2.22. The molecule has 2 rings (SSSR count). The Morgan fingerprint density at radius 1 is 1.32 bits per heavy atom. The van der Waals surface area contributed by atoms with E-state index in [1.165, 1.54) is 4.90 Å². The molecule has 2 atom stereocenters. The molecule has 1 amide bonds. The van der Waals surface area contributed by atoms with E-state index in [9.17, 15) is 4.79 Å². The van der Waals surface area contributed by atoms with Crippen molar-refractivity contribution < 1.29 is 14.4 Å². The first-order valence-corrected chi connectivity index (χ1v) is 9.23. The molecule has 0 unspecified atom stereocenters. The summed E-state index contributed by atoms with van der Waals surface area (Å²) in [5, 5.41) is 4.00. The van der Waals surface area contributed by atoms with Crippen LogP contribution in [-0.2, 0) is 9.53 Å². The summed E-state index contributed by atoms with van der Waals surface area (Å²) in [6.07, 6.45) is 0.899. The minimum absolute atomic E-state index is 0.0914. The first kappa shape index (κ1) is 19.9. The van der Waals surface area contributed by atoms with E-state index in [1.807, 2.05) is 25.1 Å². The van der Waals surface area contributed by atoms with Crippen LogP contribution in [0, 0.1) is 6.92 Å². The van der Waals surface area contributed by atoms with Crippen molar-refractivity contribution in [3.63, 3.8) is 0 Å². The van der Waals surface area contributed by atoms with Crippen LogP contribution in [0.15, 0.2) is 18.2 Å². The summed E-state index contributed by atoms with van der Waals surface area (Å²) in [5.41, 5.74) is 7.06. The minimum Gasteiger partial charge on any atom is -0.364 e. The van der Waals surface area contributed by atoms with Crippen molar-refractivity contribution in [2.24, 2.45) is 0 Å². The topological polar surface area (TPSA) is 66.8 Å². The van der Waals surface area contributed by atoms with E-state index in [0.717, 1.165) is 30.9 Å². The Balaban J connectivity index is 1.70. The van der Waals surface area contributed by atoms with Crippen LogP contribution in [0.2, 0.25) is 5.02 Å². The van der Waals surface area contributed by atoms with Crippen molar-refractivity contribution >= 4 is 40.5 Å². The van der Waals surface area contributed by atoms with Gasteiger partial charge in [0.2, 0.25) is 5.91 Å². The number of morpholine rings is 1. The van der Waals surface area contributed by atoms with Crippen LogP contribution in [0.4, 0.5) is 5.69 Å². The fourth-order valence-electron chi connectivity index (χ4n) is 2.97. The Labute approximate surface area is 159 Å². The SMILES string of the molecule is Cc1c(Cl)cccc1NC(=S)NNC(=O)CC[NH+]1C[C@H](C)O[C@@H](C)C1. The smallest absolute Gasteiger partial charge is 0.244 e. The summed E-state index contributed by atoms with van der Waals surface area (Å²) in [7, 11) is 0. The average molecular weight is 386 g/mol. The molecule has 1 aliphatic rings. The van der Waals surface area contributed by atoms with Gasteiger partial charge in [-0.25, -0.2) is 0 Å². The highest BCUT2D eigenvalue weighted by molar-refractivity contribution is 7.80. The number of halogens is 1. The van der Waals surface area contributed by atoms with E-state index < -0.39 is 0 Å². The zero-order valence-corrected chi connectivity index (χ0v) is 16.4. The van der Waals surface area contributed by atoms with Crippen molar-refractivity contribution in [2.45, 2.75) is 39.4 Å². The third kappa shape index (κ3) is 6.43. The number of carbonyl (C=O) groups is 1.